The van der Waals surface area contributed by atoms with Gasteiger partial charge in [0.25, 0.3) is 0 Å². The average molecular weight is 177 g/mol. The molecule has 1 aliphatic rings. The van der Waals surface area contributed by atoms with Crippen molar-refractivity contribution in [3.63, 3.8) is 0 Å². The third kappa shape index (κ3) is 1.48. The van der Waals surface area contributed by atoms with Crippen molar-refractivity contribution >= 4 is 5.69 Å². The number of aromatic hydroxyl groups is 1. The van der Waals surface area contributed by atoms with Gasteiger partial charge >= 0.3 is 0 Å². The van der Waals surface area contributed by atoms with Crippen molar-refractivity contribution in [2.24, 2.45) is 5.92 Å². The monoisotopic (exact) mass is 177 g/mol. The molecule has 0 spiro atoms. The van der Waals surface area contributed by atoms with Crippen LogP contribution in [-0.2, 0) is 6.42 Å². The molecule has 2 N–H and O–H groups in total. The van der Waals surface area contributed by atoms with Crippen LogP contribution in [0.3, 0.4) is 0 Å². The Labute approximate surface area is 78.6 Å². The molecule has 1 aromatic carbocycles. The Kier molecular flexibility index (Phi) is 1.91. The van der Waals surface area contributed by atoms with E-state index in [0.29, 0.717) is 17.7 Å². The molecule has 1 atom stereocenters. The fraction of sp³-hybridized carbons (Fsp3) is 0.455. The summed E-state index contributed by atoms with van der Waals surface area (Å²) in [6.07, 6.45) is 1.03. The van der Waals surface area contributed by atoms with E-state index in [4.69, 9.17) is 0 Å². The van der Waals surface area contributed by atoms with Crippen LogP contribution in [0.25, 0.3) is 0 Å². The van der Waals surface area contributed by atoms with E-state index in [1.54, 1.807) is 6.07 Å². The van der Waals surface area contributed by atoms with Crippen molar-refractivity contribution in [1.29, 1.82) is 0 Å². The minimum Gasteiger partial charge on any atom is -0.508 e. The molecule has 2 rings (SSSR count). The maximum absolute atomic E-state index is 9.29. The van der Waals surface area contributed by atoms with Crippen LogP contribution < -0.4 is 5.32 Å². The molecular weight excluding hydrogens is 162 g/mol. The second-order valence-electron chi connectivity index (χ2n) is 4.04. The van der Waals surface area contributed by atoms with Gasteiger partial charge in [0.2, 0.25) is 0 Å². The summed E-state index contributed by atoms with van der Waals surface area (Å²) in [5.74, 6) is 1.000. The van der Waals surface area contributed by atoms with Crippen LogP contribution in [0.5, 0.6) is 5.75 Å². The fourth-order valence-corrected chi connectivity index (χ4v) is 1.78. The largest absolute Gasteiger partial charge is 0.508 e. The summed E-state index contributed by atoms with van der Waals surface area (Å²) in [5.41, 5.74) is 2.41. The molecule has 0 saturated carbocycles. The number of fused-ring (bicyclic) bond motifs is 1. The van der Waals surface area contributed by atoms with Gasteiger partial charge in [-0.05, 0) is 36.1 Å². The van der Waals surface area contributed by atoms with Gasteiger partial charge in [0.1, 0.15) is 5.75 Å². The minimum atomic E-state index is 0.366. The molecule has 0 radical (unpaired) electrons. The zero-order chi connectivity index (χ0) is 9.42. The second kappa shape index (κ2) is 2.95. The molecule has 1 aliphatic heterocycles. The minimum absolute atomic E-state index is 0.366. The van der Waals surface area contributed by atoms with E-state index in [1.807, 2.05) is 12.1 Å². The lowest BCUT2D eigenvalue weighted by atomic mass is 10.0. The van der Waals surface area contributed by atoms with Crippen LogP contribution in [-0.4, -0.2) is 11.1 Å². The molecule has 2 heteroatoms. The first-order valence-electron chi connectivity index (χ1n) is 4.75. The summed E-state index contributed by atoms with van der Waals surface area (Å²) in [7, 11) is 0. The first-order valence-corrected chi connectivity index (χ1v) is 4.75. The van der Waals surface area contributed by atoms with E-state index < -0.39 is 0 Å². The molecule has 0 saturated heterocycles. The van der Waals surface area contributed by atoms with Crippen molar-refractivity contribution in [1.82, 2.24) is 0 Å². The lowest BCUT2D eigenvalue weighted by molar-refractivity contribution is 0.474. The van der Waals surface area contributed by atoms with Gasteiger partial charge in [-0.1, -0.05) is 13.8 Å². The Bertz CT molecular complexity index is 320. The van der Waals surface area contributed by atoms with Crippen molar-refractivity contribution in [2.75, 3.05) is 5.32 Å². The topological polar surface area (TPSA) is 32.3 Å². The Balaban J connectivity index is 2.25. The maximum Gasteiger partial charge on any atom is 0.116 e. The molecule has 2 nitrogen and oxygen atoms in total. The average Bonchev–Trinajstić information content (AvgIpc) is 2.46. The van der Waals surface area contributed by atoms with Gasteiger partial charge in [-0.3, -0.25) is 0 Å². The normalized spacial score (nSPS) is 20.1. The number of hydrogen-bond donors (Lipinski definition) is 2. The fourth-order valence-electron chi connectivity index (χ4n) is 1.78. The van der Waals surface area contributed by atoms with Crippen LogP contribution in [0.15, 0.2) is 18.2 Å². The Morgan fingerprint density at radius 3 is 2.92 bits per heavy atom. The van der Waals surface area contributed by atoms with Gasteiger partial charge in [0.05, 0.1) is 0 Å². The number of hydrogen-bond acceptors (Lipinski definition) is 2. The molecule has 0 fully saturated rings. The van der Waals surface area contributed by atoms with E-state index >= 15 is 0 Å². The third-order valence-electron chi connectivity index (χ3n) is 2.67. The van der Waals surface area contributed by atoms with Crippen molar-refractivity contribution in [3.05, 3.63) is 23.8 Å². The quantitative estimate of drug-likeness (QED) is 0.645. The number of anilines is 1. The van der Waals surface area contributed by atoms with Gasteiger partial charge in [0.15, 0.2) is 0 Å². The molecule has 1 aromatic rings. The summed E-state index contributed by atoms with van der Waals surface area (Å²) in [6, 6.07) is 6.06. The molecule has 0 bridgehead atoms. The first kappa shape index (κ1) is 8.42. The molecule has 13 heavy (non-hydrogen) atoms. The second-order valence-corrected chi connectivity index (χ2v) is 4.04. The maximum atomic E-state index is 9.29. The molecule has 0 aliphatic carbocycles. The van der Waals surface area contributed by atoms with Gasteiger partial charge in [-0.15, -0.1) is 0 Å². The van der Waals surface area contributed by atoms with E-state index in [2.05, 4.69) is 19.2 Å². The van der Waals surface area contributed by atoms with Gasteiger partial charge in [-0.2, -0.15) is 0 Å². The van der Waals surface area contributed by atoms with Crippen molar-refractivity contribution in [3.8, 4) is 5.75 Å². The molecule has 70 valence electrons. The predicted molar refractivity (Wildman–Crippen MR) is 54.1 cm³/mol. The Morgan fingerprint density at radius 2 is 2.23 bits per heavy atom. The molecule has 0 aromatic heterocycles. The number of phenols is 1. The zero-order valence-electron chi connectivity index (χ0n) is 8.04. The predicted octanol–water partition coefficient (Wildman–Crippen LogP) is 2.38. The first-order chi connectivity index (χ1) is 6.16. The Hall–Kier alpha value is -1.18. The molecule has 1 unspecified atom stereocenters. The lowest BCUT2D eigenvalue weighted by Crippen LogP contribution is -2.21. The smallest absolute Gasteiger partial charge is 0.116 e. The highest BCUT2D eigenvalue weighted by atomic mass is 16.3. The lowest BCUT2D eigenvalue weighted by Gasteiger charge is -2.14. The highest BCUT2D eigenvalue weighted by molar-refractivity contribution is 5.59. The molecular formula is C11H15NO. The summed E-state index contributed by atoms with van der Waals surface area (Å²) < 4.78 is 0. The highest BCUT2D eigenvalue weighted by Crippen LogP contribution is 2.31. The standard InChI is InChI=1S/C11H15NO/c1-7(2)11-6-8-5-9(13)3-4-10(8)12-11/h3-5,7,11-13H,6H2,1-2H3. The van der Waals surface area contributed by atoms with Crippen LogP contribution in [0.2, 0.25) is 0 Å². The third-order valence-corrected chi connectivity index (χ3v) is 2.67. The van der Waals surface area contributed by atoms with Crippen molar-refractivity contribution in [2.45, 2.75) is 26.3 Å². The molecule has 1 heterocycles. The van der Waals surface area contributed by atoms with E-state index in [1.165, 1.54) is 11.3 Å². The van der Waals surface area contributed by atoms with Crippen LogP contribution in [0, 0.1) is 5.92 Å². The zero-order valence-corrected chi connectivity index (χ0v) is 8.04. The number of nitrogens with one attached hydrogen (secondary N) is 1. The van der Waals surface area contributed by atoms with Gasteiger partial charge < -0.3 is 10.4 Å². The Morgan fingerprint density at radius 1 is 1.46 bits per heavy atom. The van der Waals surface area contributed by atoms with Crippen molar-refractivity contribution < 1.29 is 5.11 Å². The number of rotatable bonds is 1. The number of benzene rings is 1. The van der Waals surface area contributed by atoms with E-state index in [-0.39, 0.29) is 0 Å². The van der Waals surface area contributed by atoms with E-state index in [9.17, 15) is 5.11 Å². The van der Waals surface area contributed by atoms with Crippen LogP contribution >= 0.6 is 0 Å². The SMILES string of the molecule is CC(C)C1Cc2cc(O)ccc2N1. The van der Waals surface area contributed by atoms with E-state index in [0.717, 1.165) is 6.42 Å². The van der Waals surface area contributed by atoms with Gasteiger partial charge in [-0.25, -0.2) is 0 Å². The van der Waals surface area contributed by atoms with Gasteiger partial charge in [0, 0.05) is 11.7 Å². The molecule has 0 amide bonds. The van der Waals surface area contributed by atoms with Crippen LogP contribution in [0.4, 0.5) is 5.69 Å². The van der Waals surface area contributed by atoms with Crippen LogP contribution in [0.1, 0.15) is 19.4 Å². The summed E-state index contributed by atoms with van der Waals surface area (Å²) in [6.45, 7) is 4.42. The number of phenolic OH excluding ortho intramolecular Hbond substituents is 1. The highest BCUT2D eigenvalue weighted by Gasteiger charge is 2.22. The summed E-state index contributed by atoms with van der Waals surface area (Å²) >= 11 is 0. The summed E-state index contributed by atoms with van der Waals surface area (Å²) in [4.78, 5) is 0. The summed E-state index contributed by atoms with van der Waals surface area (Å²) in [5, 5.41) is 12.7.